The minimum absolute atomic E-state index is 0.0934. The van der Waals surface area contributed by atoms with Crippen molar-refractivity contribution >= 4 is 17.2 Å². The van der Waals surface area contributed by atoms with E-state index in [-0.39, 0.29) is 30.9 Å². The maximum atomic E-state index is 13.4. The largest absolute Gasteiger partial charge is 0.489 e. The molecule has 1 heterocycles. The monoisotopic (exact) mass is 669 g/mol. The number of carbonyl (C=O) groups excluding carboxylic acids is 1. The van der Waals surface area contributed by atoms with Crippen LogP contribution < -0.4 is 10.1 Å². The third-order valence-electron chi connectivity index (χ3n) is 7.09. The highest BCUT2D eigenvalue weighted by Crippen LogP contribution is 2.31. The normalized spacial score (nSPS) is 11.9. The number of hydrogen-bond donors (Lipinski definition) is 1. The van der Waals surface area contributed by atoms with Crippen LogP contribution in [0.5, 0.6) is 5.75 Å². The fourth-order valence-electron chi connectivity index (χ4n) is 4.77. The highest BCUT2D eigenvalue weighted by Gasteiger charge is 2.31. The van der Waals surface area contributed by atoms with Crippen molar-refractivity contribution < 1.29 is 35.9 Å². The summed E-state index contributed by atoms with van der Waals surface area (Å²) in [6.07, 6.45) is -8.98. The minimum atomic E-state index is -4.50. The molecule has 0 aliphatic rings. The lowest BCUT2D eigenvalue weighted by Crippen LogP contribution is -2.24. The van der Waals surface area contributed by atoms with Crippen LogP contribution in [-0.2, 0) is 45.1 Å². The number of rotatable bonds is 12. The van der Waals surface area contributed by atoms with Crippen molar-refractivity contribution in [3.63, 3.8) is 0 Å². The van der Waals surface area contributed by atoms with Gasteiger partial charge in [0.2, 0.25) is 0 Å². The fraction of sp³-hybridized carbons (Fsp3) is 0.200. The smallest absolute Gasteiger partial charge is 0.416 e. The maximum absolute atomic E-state index is 13.4. The molecule has 244 valence electrons. The van der Waals surface area contributed by atoms with Crippen LogP contribution in [0.3, 0.4) is 0 Å². The number of halogens is 6. The summed E-state index contributed by atoms with van der Waals surface area (Å²) >= 11 is 1.21. The average molecular weight is 670 g/mol. The van der Waals surface area contributed by atoms with Gasteiger partial charge in [-0.25, -0.2) is 4.98 Å². The highest BCUT2D eigenvalue weighted by molar-refractivity contribution is 7.09. The average Bonchev–Trinajstić information content (AvgIpc) is 3.52. The summed E-state index contributed by atoms with van der Waals surface area (Å²) in [5.74, 6) is 0.114. The van der Waals surface area contributed by atoms with Crippen LogP contribution in [0.15, 0.2) is 109 Å². The summed E-state index contributed by atoms with van der Waals surface area (Å²) in [4.78, 5) is 19.1. The molecule has 1 aromatic heterocycles. The van der Waals surface area contributed by atoms with Crippen molar-refractivity contribution in [2.45, 2.75) is 45.1 Å². The van der Waals surface area contributed by atoms with E-state index in [1.807, 2.05) is 59.5 Å². The number of ether oxygens (including phenoxy) is 1. The Balaban J connectivity index is 1.27. The topological polar surface area (TPSA) is 54.5 Å². The molecule has 0 radical (unpaired) electrons. The van der Waals surface area contributed by atoms with Crippen LogP contribution in [0.1, 0.15) is 48.9 Å². The van der Waals surface area contributed by atoms with Gasteiger partial charge in [0.15, 0.2) is 0 Å². The third-order valence-corrected chi connectivity index (χ3v) is 7.92. The molecule has 1 amide bonds. The van der Waals surface area contributed by atoms with Crippen LogP contribution in [0, 0.1) is 0 Å². The Morgan fingerprint density at radius 3 is 1.96 bits per heavy atom. The quantitative estimate of drug-likeness (QED) is 0.135. The summed E-state index contributed by atoms with van der Waals surface area (Å²) in [6, 6.07) is 26.9. The molecule has 0 atom stereocenters. The van der Waals surface area contributed by atoms with Crippen molar-refractivity contribution in [1.29, 1.82) is 0 Å². The Morgan fingerprint density at radius 1 is 0.702 bits per heavy atom. The summed E-state index contributed by atoms with van der Waals surface area (Å²) in [7, 11) is 0. The molecule has 0 spiro atoms. The molecule has 1 N–H and O–H groups in total. The molecule has 5 rings (SSSR count). The number of amides is 1. The van der Waals surface area contributed by atoms with E-state index in [1.165, 1.54) is 34.9 Å². The van der Waals surface area contributed by atoms with Gasteiger partial charge in [-0.3, -0.25) is 9.69 Å². The number of hydrogen-bond acceptors (Lipinski definition) is 5. The van der Waals surface area contributed by atoms with Gasteiger partial charge in [-0.05, 0) is 52.6 Å². The van der Waals surface area contributed by atoms with Crippen molar-refractivity contribution in [3.8, 4) is 5.75 Å². The first kappa shape index (κ1) is 33.7. The van der Waals surface area contributed by atoms with Gasteiger partial charge in [-0.1, -0.05) is 72.8 Å². The molecule has 5 aromatic rings. The summed E-state index contributed by atoms with van der Waals surface area (Å²) in [5.41, 5.74) is 1.19. The van der Waals surface area contributed by atoms with E-state index in [0.717, 1.165) is 35.4 Å². The van der Waals surface area contributed by atoms with Gasteiger partial charge in [0, 0.05) is 25.0 Å². The zero-order valence-corrected chi connectivity index (χ0v) is 25.6. The molecule has 0 aliphatic carbocycles. The number of thiazole rings is 1. The first-order chi connectivity index (χ1) is 22.4. The lowest BCUT2D eigenvalue weighted by Gasteiger charge is -2.22. The van der Waals surface area contributed by atoms with E-state index in [4.69, 9.17) is 4.74 Å². The number of carbonyl (C=O) groups is 1. The zero-order valence-electron chi connectivity index (χ0n) is 24.8. The van der Waals surface area contributed by atoms with Crippen LogP contribution in [0.25, 0.3) is 0 Å². The van der Waals surface area contributed by atoms with Gasteiger partial charge in [-0.15, -0.1) is 11.3 Å². The third kappa shape index (κ3) is 9.90. The molecule has 0 unspecified atom stereocenters. The summed E-state index contributed by atoms with van der Waals surface area (Å²) in [5, 5.41) is 4.68. The highest BCUT2D eigenvalue weighted by atomic mass is 32.1. The molecule has 12 heteroatoms. The molecule has 0 saturated carbocycles. The molecule has 5 nitrogen and oxygen atoms in total. The molecule has 0 fully saturated rings. The lowest BCUT2D eigenvalue weighted by molar-refractivity contribution is -0.138. The van der Waals surface area contributed by atoms with Gasteiger partial charge in [0.25, 0.3) is 5.91 Å². The molecular weight excluding hydrogens is 640 g/mol. The first-order valence-corrected chi connectivity index (χ1v) is 15.3. The van der Waals surface area contributed by atoms with Gasteiger partial charge in [-0.2, -0.15) is 26.3 Å². The standard InChI is InChI=1S/C35H29F6N3O2S/c36-34(37,38)28-10-4-8-26(16-28)18-42-33(45)31-23-47-32(43-31)21-44(20-27-9-5-11-29(17-27)35(39,40)41)19-24-12-14-30(15-13-24)46-22-25-6-2-1-3-7-25/h1-17,23H,18-22H2,(H,42,45). The number of alkyl halides is 6. The van der Waals surface area contributed by atoms with Crippen molar-refractivity contribution in [3.05, 3.63) is 153 Å². The van der Waals surface area contributed by atoms with Gasteiger partial charge in [0.1, 0.15) is 23.1 Å². The molecule has 0 bridgehead atoms. The van der Waals surface area contributed by atoms with Crippen molar-refractivity contribution in [1.82, 2.24) is 15.2 Å². The van der Waals surface area contributed by atoms with Crippen molar-refractivity contribution in [2.24, 2.45) is 0 Å². The zero-order chi connectivity index (χ0) is 33.4. The number of nitrogens with one attached hydrogen (secondary N) is 1. The first-order valence-electron chi connectivity index (χ1n) is 14.5. The Bertz CT molecular complexity index is 1770. The van der Waals surface area contributed by atoms with E-state index in [0.29, 0.717) is 29.5 Å². The second-order valence-electron chi connectivity index (χ2n) is 10.8. The van der Waals surface area contributed by atoms with Crippen LogP contribution in [-0.4, -0.2) is 15.8 Å². The summed E-state index contributed by atoms with van der Waals surface area (Å²) in [6.45, 7) is 1.05. The van der Waals surface area contributed by atoms with E-state index >= 15 is 0 Å². The van der Waals surface area contributed by atoms with Crippen LogP contribution >= 0.6 is 11.3 Å². The predicted octanol–water partition coefficient (Wildman–Crippen LogP) is 8.89. The van der Waals surface area contributed by atoms with Gasteiger partial charge in [0.05, 0.1) is 17.7 Å². The number of benzene rings is 4. The molecule has 0 aliphatic heterocycles. The number of nitrogens with zero attached hydrogens (tertiary/aromatic N) is 2. The van der Waals surface area contributed by atoms with Crippen LogP contribution in [0.4, 0.5) is 26.3 Å². The lowest BCUT2D eigenvalue weighted by atomic mass is 10.1. The minimum Gasteiger partial charge on any atom is -0.489 e. The maximum Gasteiger partial charge on any atom is 0.416 e. The Labute approximate surface area is 271 Å². The molecule has 0 saturated heterocycles. The van der Waals surface area contributed by atoms with E-state index < -0.39 is 29.4 Å². The van der Waals surface area contributed by atoms with Crippen LogP contribution in [0.2, 0.25) is 0 Å². The predicted molar refractivity (Wildman–Crippen MR) is 166 cm³/mol. The Hall–Kier alpha value is -4.68. The van der Waals surface area contributed by atoms with E-state index in [1.54, 1.807) is 6.07 Å². The second kappa shape index (κ2) is 14.8. The Morgan fingerprint density at radius 2 is 1.30 bits per heavy atom. The summed E-state index contributed by atoms with van der Waals surface area (Å²) < 4.78 is 85.2. The Kier molecular flexibility index (Phi) is 10.6. The van der Waals surface area contributed by atoms with Crippen molar-refractivity contribution in [2.75, 3.05) is 0 Å². The molecule has 47 heavy (non-hydrogen) atoms. The molecular formula is C35H29F6N3O2S. The fourth-order valence-corrected chi connectivity index (χ4v) is 5.59. The van der Waals surface area contributed by atoms with E-state index in [9.17, 15) is 31.1 Å². The molecule has 4 aromatic carbocycles. The second-order valence-corrected chi connectivity index (χ2v) is 11.7. The SMILES string of the molecule is O=C(NCc1cccc(C(F)(F)F)c1)c1csc(CN(Cc2ccc(OCc3ccccc3)cc2)Cc2cccc(C(F)(F)F)c2)n1. The number of aromatic nitrogens is 1. The van der Waals surface area contributed by atoms with Gasteiger partial charge >= 0.3 is 12.4 Å². The van der Waals surface area contributed by atoms with E-state index in [2.05, 4.69) is 10.3 Å². The van der Waals surface area contributed by atoms with Gasteiger partial charge < -0.3 is 10.1 Å².